The van der Waals surface area contributed by atoms with Gasteiger partial charge in [0.25, 0.3) is 5.91 Å². The summed E-state index contributed by atoms with van der Waals surface area (Å²) in [6, 6.07) is 15.2. The van der Waals surface area contributed by atoms with E-state index in [9.17, 15) is 4.79 Å². The third-order valence-electron chi connectivity index (χ3n) is 4.46. The van der Waals surface area contributed by atoms with Gasteiger partial charge in [-0.15, -0.1) is 0 Å². The maximum Gasteiger partial charge on any atom is 0.255 e. The molecule has 6 heteroatoms. The summed E-state index contributed by atoms with van der Waals surface area (Å²) >= 11 is 0. The number of nitrogens with zero attached hydrogens (tertiary/aromatic N) is 2. The normalized spacial score (nSPS) is 10.8. The van der Waals surface area contributed by atoms with Crippen molar-refractivity contribution in [1.29, 1.82) is 0 Å². The monoisotopic (exact) mass is 393 g/mol. The Kier molecular flexibility index (Phi) is 6.89. The number of aromatic nitrogens is 2. The predicted octanol–water partition coefficient (Wildman–Crippen LogP) is 4.62. The molecule has 2 aromatic carbocycles. The molecule has 0 unspecified atom stereocenters. The molecule has 1 amide bonds. The van der Waals surface area contributed by atoms with E-state index in [0.29, 0.717) is 41.8 Å². The average Bonchev–Trinajstić information content (AvgIpc) is 3.15. The Balaban J connectivity index is 1.63. The van der Waals surface area contributed by atoms with Gasteiger partial charge in [-0.05, 0) is 36.1 Å². The molecule has 0 atom stereocenters. The number of hydrogen-bond donors (Lipinski definition) is 1. The number of anilines is 1. The molecule has 6 nitrogen and oxygen atoms in total. The highest BCUT2D eigenvalue weighted by molar-refractivity contribution is 6.04. The SMILES string of the molecule is COc1cc(C(=O)Nc2cnn(Cc3ccccc3)c2)ccc1OCCC(C)C. The highest BCUT2D eigenvalue weighted by Gasteiger charge is 2.13. The maximum absolute atomic E-state index is 12.6. The van der Waals surface area contributed by atoms with Gasteiger partial charge >= 0.3 is 0 Å². The van der Waals surface area contributed by atoms with Crippen LogP contribution in [0.15, 0.2) is 60.9 Å². The van der Waals surface area contributed by atoms with Crippen LogP contribution in [0.25, 0.3) is 0 Å². The number of carbonyl (C=O) groups is 1. The van der Waals surface area contributed by atoms with E-state index >= 15 is 0 Å². The molecule has 0 spiro atoms. The van der Waals surface area contributed by atoms with Gasteiger partial charge in [0, 0.05) is 11.8 Å². The first-order valence-corrected chi connectivity index (χ1v) is 9.73. The second kappa shape index (κ2) is 9.78. The van der Waals surface area contributed by atoms with Crippen LogP contribution >= 0.6 is 0 Å². The lowest BCUT2D eigenvalue weighted by atomic mass is 10.1. The topological polar surface area (TPSA) is 65.4 Å². The van der Waals surface area contributed by atoms with Crippen LogP contribution in [-0.4, -0.2) is 29.4 Å². The molecule has 0 saturated carbocycles. The first kappa shape index (κ1) is 20.5. The van der Waals surface area contributed by atoms with Gasteiger partial charge < -0.3 is 14.8 Å². The van der Waals surface area contributed by atoms with Crippen LogP contribution in [0.5, 0.6) is 11.5 Å². The molecule has 3 rings (SSSR count). The standard InChI is InChI=1S/C23H27N3O3/c1-17(2)11-12-29-21-10-9-19(13-22(21)28-3)23(27)25-20-14-24-26(16-20)15-18-7-5-4-6-8-18/h4-10,13-14,16-17H,11-12,15H2,1-3H3,(H,25,27). The van der Waals surface area contributed by atoms with Crippen molar-refractivity contribution in [3.05, 3.63) is 72.1 Å². The third-order valence-corrected chi connectivity index (χ3v) is 4.46. The fourth-order valence-corrected chi connectivity index (χ4v) is 2.82. The van der Waals surface area contributed by atoms with E-state index < -0.39 is 0 Å². The summed E-state index contributed by atoms with van der Waals surface area (Å²) in [4.78, 5) is 12.6. The van der Waals surface area contributed by atoms with E-state index in [0.717, 1.165) is 12.0 Å². The van der Waals surface area contributed by atoms with E-state index in [1.165, 1.54) is 0 Å². The molecule has 1 heterocycles. The molecule has 0 radical (unpaired) electrons. The summed E-state index contributed by atoms with van der Waals surface area (Å²) in [6.45, 7) is 5.55. The van der Waals surface area contributed by atoms with E-state index in [2.05, 4.69) is 24.3 Å². The van der Waals surface area contributed by atoms with Crippen LogP contribution in [-0.2, 0) is 6.54 Å². The first-order chi connectivity index (χ1) is 14.0. The zero-order valence-corrected chi connectivity index (χ0v) is 17.1. The second-order valence-electron chi connectivity index (χ2n) is 7.26. The van der Waals surface area contributed by atoms with Crippen molar-refractivity contribution >= 4 is 11.6 Å². The number of benzene rings is 2. The van der Waals surface area contributed by atoms with Gasteiger partial charge in [0.15, 0.2) is 11.5 Å². The van der Waals surface area contributed by atoms with Gasteiger partial charge in [-0.3, -0.25) is 9.48 Å². The summed E-state index contributed by atoms with van der Waals surface area (Å²) < 4.78 is 13.0. The van der Waals surface area contributed by atoms with Crippen molar-refractivity contribution in [1.82, 2.24) is 9.78 Å². The molecule has 0 saturated heterocycles. The number of amides is 1. The summed E-state index contributed by atoms with van der Waals surface area (Å²) in [5.74, 6) is 1.52. The van der Waals surface area contributed by atoms with E-state index in [1.54, 1.807) is 36.2 Å². The Morgan fingerprint density at radius 2 is 1.93 bits per heavy atom. The first-order valence-electron chi connectivity index (χ1n) is 9.73. The van der Waals surface area contributed by atoms with Crippen LogP contribution in [0.2, 0.25) is 0 Å². The Bertz CT molecular complexity index is 936. The van der Waals surface area contributed by atoms with Crippen LogP contribution < -0.4 is 14.8 Å². The predicted molar refractivity (Wildman–Crippen MR) is 114 cm³/mol. The fourth-order valence-electron chi connectivity index (χ4n) is 2.82. The van der Waals surface area contributed by atoms with Crippen LogP contribution in [0.4, 0.5) is 5.69 Å². The van der Waals surface area contributed by atoms with Crippen molar-refractivity contribution in [3.8, 4) is 11.5 Å². The van der Waals surface area contributed by atoms with Crippen LogP contribution in [0.3, 0.4) is 0 Å². The Labute approximate surface area is 171 Å². The van der Waals surface area contributed by atoms with Crippen molar-refractivity contribution < 1.29 is 14.3 Å². The quantitative estimate of drug-likeness (QED) is 0.576. The van der Waals surface area contributed by atoms with Crippen LogP contribution in [0.1, 0.15) is 36.2 Å². The lowest BCUT2D eigenvalue weighted by Gasteiger charge is -2.13. The van der Waals surface area contributed by atoms with E-state index in [-0.39, 0.29) is 5.91 Å². The largest absolute Gasteiger partial charge is 0.493 e. The van der Waals surface area contributed by atoms with Crippen molar-refractivity contribution in [2.45, 2.75) is 26.8 Å². The average molecular weight is 393 g/mol. The lowest BCUT2D eigenvalue weighted by Crippen LogP contribution is -2.12. The van der Waals surface area contributed by atoms with Crippen molar-refractivity contribution in [2.75, 3.05) is 19.0 Å². The molecule has 1 N–H and O–H groups in total. The Hall–Kier alpha value is -3.28. The van der Waals surface area contributed by atoms with Gasteiger partial charge in [0.1, 0.15) is 0 Å². The highest BCUT2D eigenvalue weighted by Crippen LogP contribution is 2.28. The van der Waals surface area contributed by atoms with E-state index in [4.69, 9.17) is 9.47 Å². The number of hydrogen-bond acceptors (Lipinski definition) is 4. The van der Waals surface area contributed by atoms with Gasteiger partial charge in [-0.25, -0.2) is 0 Å². The molecule has 0 fully saturated rings. The van der Waals surface area contributed by atoms with Crippen molar-refractivity contribution in [3.63, 3.8) is 0 Å². The lowest BCUT2D eigenvalue weighted by molar-refractivity contribution is 0.102. The number of ether oxygens (including phenoxy) is 2. The number of nitrogens with one attached hydrogen (secondary N) is 1. The molecule has 0 bridgehead atoms. The minimum Gasteiger partial charge on any atom is -0.493 e. The maximum atomic E-state index is 12.6. The minimum absolute atomic E-state index is 0.226. The fraction of sp³-hybridized carbons (Fsp3) is 0.304. The second-order valence-corrected chi connectivity index (χ2v) is 7.26. The van der Waals surface area contributed by atoms with Gasteiger partial charge in [-0.2, -0.15) is 5.10 Å². The molecule has 0 aliphatic carbocycles. The van der Waals surface area contributed by atoms with Gasteiger partial charge in [0.2, 0.25) is 0 Å². The zero-order chi connectivity index (χ0) is 20.6. The molecule has 0 aliphatic rings. The number of methoxy groups -OCH3 is 1. The zero-order valence-electron chi connectivity index (χ0n) is 17.1. The van der Waals surface area contributed by atoms with Crippen molar-refractivity contribution in [2.24, 2.45) is 5.92 Å². The minimum atomic E-state index is -0.226. The number of carbonyl (C=O) groups excluding carboxylic acids is 1. The number of rotatable bonds is 9. The summed E-state index contributed by atoms with van der Waals surface area (Å²) in [7, 11) is 1.57. The van der Waals surface area contributed by atoms with E-state index in [1.807, 2.05) is 36.5 Å². The smallest absolute Gasteiger partial charge is 0.255 e. The molecular weight excluding hydrogens is 366 g/mol. The summed E-state index contributed by atoms with van der Waals surface area (Å²) in [5, 5.41) is 7.19. The molecule has 29 heavy (non-hydrogen) atoms. The summed E-state index contributed by atoms with van der Waals surface area (Å²) in [5.41, 5.74) is 2.28. The molecule has 152 valence electrons. The Morgan fingerprint density at radius 3 is 2.66 bits per heavy atom. The van der Waals surface area contributed by atoms with Gasteiger partial charge in [0.05, 0.1) is 32.1 Å². The summed E-state index contributed by atoms with van der Waals surface area (Å²) in [6.07, 6.45) is 4.41. The van der Waals surface area contributed by atoms with Gasteiger partial charge in [-0.1, -0.05) is 44.2 Å². The molecular formula is C23H27N3O3. The third kappa shape index (κ3) is 5.85. The van der Waals surface area contributed by atoms with Crippen LogP contribution in [0, 0.1) is 5.92 Å². The molecule has 1 aromatic heterocycles. The Morgan fingerprint density at radius 1 is 1.14 bits per heavy atom. The molecule has 0 aliphatic heterocycles. The molecule has 3 aromatic rings. The highest BCUT2D eigenvalue weighted by atomic mass is 16.5.